The lowest BCUT2D eigenvalue weighted by atomic mass is 10.3. The lowest BCUT2D eigenvalue weighted by Crippen LogP contribution is -2.40. The van der Waals surface area contributed by atoms with Gasteiger partial charge in [-0.1, -0.05) is 12.1 Å². The van der Waals surface area contributed by atoms with Gasteiger partial charge in [0.2, 0.25) is 0 Å². The standard InChI is InChI=1S/C22H33N3O4.HI/c1-4-27-15-8-13-23-22(24-14-12-19-9-7-16-28-19)25-17-18(2)29-21-11-6-5-10-20(21)26-3;/h5-7,9-11,16,18H,4,8,12-15,17H2,1-3H3,(H2,23,24,25);1H. The Hall–Kier alpha value is -1.94. The molecule has 2 aromatic rings. The molecule has 168 valence electrons. The maximum absolute atomic E-state index is 5.99. The first-order chi connectivity index (χ1) is 14.2. The van der Waals surface area contributed by atoms with Crippen molar-refractivity contribution in [1.82, 2.24) is 10.6 Å². The summed E-state index contributed by atoms with van der Waals surface area (Å²) in [6.07, 6.45) is 3.30. The first-order valence-corrected chi connectivity index (χ1v) is 10.1. The Bertz CT molecular complexity index is 710. The normalized spacial score (nSPS) is 12.0. The molecule has 2 rings (SSSR count). The molecule has 1 unspecified atom stereocenters. The fraction of sp³-hybridized carbons (Fsp3) is 0.500. The van der Waals surface area contributed by atoms with Gasteiger partial charge in [-0.3, -0.25) is 0 Å². The number of ether oxygens (including phenoxy) is 3. The summed E-state index contributed by atoms with van der Waals surface area (Å²) in [5, 5.41) is 6.70. The molecule has 0 fully saturated rings. The van der Waals surface area contributed by atoms with E-state index in [0.29, 0.717) is 12.3 Å². The van der Waals surface area contributed by atoms with Crippen LogP contribution >= 0.6 is 24.0 Å². The van der Waals surface area contributed by atoms with E-state index in [1.165, 1.54) is 0 Å². The third-order valence-electron chi connectivity index (χ3n) is 4.11. The van der Waals surface area contributed by atoms with Crippen molar-refractivity contribution in [2.45, 2.75) is 32.8 Å². The number of furan rings is 1. The Morgan fingerprint density at radius 2 is 1.87 bits per heavy atom. The highest BCUT2D eigenvalue weighted by molar-refractivity contribution is 14.0. The van der Waals surface area contributed by atoms with E-state index in [4.69, 9.17) is 18.6 Å². The summed E-state index contributed by atoms with van der Waals surface area (Å²) < 4.78 is 22.1. The van der Waals surface area contributed by atoms with E-state index in [1.54, 1.807) is 13.4 Å². The summed E-state index contributed by atoms with van der Waals surface area (Å²) in [6, 6.07) is 11.5. The number of aliphatic imine (C=N–C) groups is 1. The molecular weight excluding hydrogens is 497 g/mol. The topological polar surface area (TPSA) is 77.2 Å². The van der Waals surface area contributed by atoms with Gasteiger partial charge in [-0.25, -0.2) is 4.99 Å². The molecule has 1 heterocycles. The van der Waals surface area contributed by atoms with Gasteiger partial charge in [0.05, 0.1) is 19.9 Å². The van der Waals surface area contributed by atoms with Gasteiger partial charge in [0.1, 0.15) is 11.9 Å². The van der Waals surface area contributed by atoms with Crippen molar-refractivity contribution >= 4 is 29.9 Å². The molecule has 0 radical (unpaired) electrons. The highest BCUT2D eigenvalue weighted by atomic mass is 127. The van der Waals surface area contributed by atoms with E-state index in [-0.39, 0.29) is 30.1 Å². The van der Waals surface area contributed by atoms with Gasteiger partial charge in [0.25, 0.3) is 0 Å². The van der Waals surface area contributed by atoms with E-state index >= 15 is 0 Å². The molecule has 0 aliphatic rings. The first kappa shape index (κ1) is 26.1. The highest BCUT2D eigenvalue weighted by Gasteiger charge is 2.09. The van der Waals surface area contributed by atoms with Gasteiger partial charge in [-0.15, -0.1) is 24.0 Å². The Labute approximate surface area is 196 Å². The number of para-hydroxylation sites is 2. The number of guanidine groups is 1. The zero-order valence-corrected chi connectivity index (χ0v) is 20.4. The van der Waals surface area contributed by atoms with Crippen LogP contribution in [0.1, 0.15) is 26.0 Å². The van der Waals surface area contributed by atoms with Crippen LogP contribution in [0, 0.1) is 0 Å². The van der Waals surface area contributed by atoms with Crippen molar-refractivity contribution in [1.29, 1.82) is 0 Å². The predicted molar refractivity (Wildman–Crippen MR) is 130 cm³/mol. The van der Waals surface area contributed by atoms with Crippen molar-refractivity contribution in [2.75, 3.05) is 40.0 Å². The fourth-order valence-electron chi connectivity index (χ4n) is 2.65. The molecule has 7 nitrogen and oxygen atoms in total. The van der Waals surface area contributed by atoms with Crippen LogP contribution in [-0.2, 0) is 11.2 Å². The smallest absolute Gasteiger partial charge is 0.191 e. The van der Waals surface area contributed by atoms with Crippen LogP contribution in [-0.4, -0.2) is 52.0 Å². The Morgan fingerprint density at radius 3 is 2.57 bits per heavy atom. The van der Waals surface area contributed by atoms with Gasteiger partial charge < -0.3 is 29.3 Å². The Morgan fingerprint density at radius 1 is 1.10 bits per heavy atom. The summed E-state index contributed by atoms with van der Waals surface area (Å²) in [6.45, 7) is 7.49. The van der Waals surface area contributed by atoms with E-state index < -0.39 is 0 Å². The SMILES string of the molecule is CCOCCCNC(=NCC(C)Oc1ccccc1OC)NCCc1ccco1.I. The van der Waals surface area contributed by atoms with Gasteiger partial charge in [-0.2, -0.15) is 0 Å². The second kappa shape index (κ2) is 15.8. The number of methoxy groups -OCH3 is 1. The summed E-state index contributed by atoms with van der Waals surface area (Å²) in [4.78, 5) is 4.67. The summed E-state index contributed by atoms with van der Waals surface area (Å²) in [7, 11) is 1.64. The van der Waals surface area contributed by atoms with Crippen molar-refractivity contribution in [2.24, 2.45) is 4.99 Å². The molecule has 1 aromatic carbocycles. The number of nitrogens with one attached hydrogen (secondary N) is 2. The van der Waals surface area contributed by atoms with Crippen LogP contribution < -0.4 is 20.1 Å². The summed E-state index contributed by atoms with van der Waals surface area (Å²) in [5.74, 6) is 3.13. The van der Waals surface area contributed by atoms with Crippen LogP contribution in [0.4, 0.5) is 0 Å². The van der Waals surface area contributed by atoms with E-state index in [0.717, 1.165) is 56.6 Å². The second-order valence-electron chi connectivity index (χ2n) is 6.50. The van der Waals surface area contributed by atoms with Crippen molar-refractivity contribution in [3.8, 4) is 11.5 Å². The van der Waals surface area contributed by atoms with Gasteiger partial charge in [0.15, 0.2) is 17.5 Å². The number of benzene rings is 1. The first-order valence-electron chi connectivity index (χ1n) is 10.1. The highest BCUT2D eigenvalue weighted by Crippen LogP contribution is 2.26. The molecule has 1 atom stereocenters. The number of nitrogens with zero attached hydrogens (tertiary/aromatic N) is 1. The van der Waals surface area contributed by atoms with E-state index in [2.05, 4.69) is 15.6 Å². The molecule has 2 N–H and O–H groups in total. The number of hydrogen-bond donors (Lipinski definition) is 2. The Kier molecular flexibility index (Phi) is 13.8. The van der Waals surface area contributed by atoms with Crippen molar-refractivity contribution < 1.29 is 18.6 Å². The monoisotopic (exact) mass is 531 g/mol. The van der Waals surface area contributed by atoms with Crippen LogP contribution in [0.2, 0.25) is 0 Å². The molecule has 0 saturated carbocycles. The number of hydrogen-bond acceptors (Lipinski definition) is 5. The van der Waals surface area contributed by atoms with Crippen molar-refractivity contribution in [3.05, 3.63) is 48.4 Å². The zero-order chi connectivity index (χ0) is 20.7. The Balaban J connectivity index is 0.00000450. The van der Waals surface area contributed by atoms with Crippen LogP contribution in [0.15, 0.2) is 52.1 Å². The summed E-state index contributed by atoms with van der Waals surface area (Å²) in [5.41, 5.74) is 0. The minimum Gasteiger partial charge on any atom is -0.493 e. The van der Waals surface area contributed by atoms with Crippen molar-refractivity contribution in [3.63, 3.8) is 0 Å². The average Bonchev–Trinajstić information content (AvgIpc) is 3.25. The number of halogens is 1. The molecule has 0 saturated heterocycles. The van der Waals surface area contributed by atoms with E-state index in [1.807, 2.05) is 50.2 Å². The molecular formula is C22H34IN3O4. The van der Waals surface area contributed by atoms with Gasteiger partial charge >= 0.3 is 0 Å². The molecule has 8 heteroatoms. The zero-order valence-electron chi connectivity index (χ0n) is 18.1. The predicted octanol–water partition coefficient (Wildman–Crippen LogP) is 3.88. The lowest BCUT2D eigenvalue weighted by molar-refractivity contribution is 0.145. The minimum atomic E-state index is -0.0987. The maximum atomic E-state index is 5.99. The minimum absolute atomic E-state index is 0. The third kappa shape index (κ3) is 10.2. The largest absolute Gasteiger partial charge is 0.493 e. The van der Waals surface area contributed by atoms with Crippen LogP contribution in [0.3, 0.4) is 0 Å². The van der Waals surface area contributed by atoms with Gasteiger partial charge in [0, 0.05) is 32.7 Å². The second-order valence-corrected chi connectivity index (χ2v) is 6.50. The molecule has 0 aliphatic carbocycles. The third-order valence-corrected chi connectivity index (χ3v) is 4.11. The van der Waals surface area contributed by atoms with Crippen LogP contribution in [0.5, 0.6) is 11.5 Å². The molecule has 0 bridgehead atoms. The molecule has 0 aliphatic heterocycles. The quantitative estimate of drug-likeness (QED) is 0.177. The molecule has 0 spiro atoms. The van der Waals surface area contributed by atoms with E-state index in [9.17, 15) is 0 Å². The lowest BCUT2D eigenvalue weighted by Gasteiger charge is -2.17. The van der Waals surface area contributed by atoms with Gasteiger partial charge in [-0.05, 0) is 44.5 Å². The summed E-state index contributed by atoms with van der Waals surface area (Å²) >= 11 is 0. The molecule has 30 heavy (non-hydrogen) atoms. The maximum Gasteiger partial charge on any atom is 0.191 e. The number of rotatable bonds is 13. The average molecular weight is 531 g/mol. The fourth-order valence-corrected chi connectivity index (χ4v) is 2.65. The van der Waals surface area contributed by atoms with Crippen LogP contribution in [0.25, 0.3) is 0 Å². The molecule has 0 amide bonds. The molecule has 1 aromatic heterocycles.